The summed E-state index contributed by atoms with van der Waals surface area (Å²) < 4.78 is 17.6. The summed E-state index contributed by atoms with van der Waals surface area (Å²) in [6, 6.07) is 6.32. The highest BCUT2D eigenvalue weighted by atomic mass is 127. The van der Waals surface area contributed by atoms with Crippen LogP contribution in [-0.2, 0) is 73.6 Å². The first kappa shape index (κ1) is 95.4. The molecule has 4 rings (SSSR count). The lowest BCUT2D eigenvalue weighted by atomic mass is 9.89. The first-order chi connectivity index (χ1) is 51.8. The molecule has 16 atom stereocenters. The summed E-state index contributed by atoms with van der Waals surface area (Å²) in [5.74, 6) is -8.03. The molecule has 0 spiro atoms. The second-order valence-corrected chi connectivity index (χ2v) is 36.0. The molecule has 8 N–H and O–H groups in total. The number of thioether (sulfide) groups is 1. The molecular weight excluding hydrogens is 1540 g/mol. The number of likely N-dealkylation sites (N-methyl/N-ethyl adjacent to an activating group) is 2. The van der Waals surface area contributed by atoms with Crippen molar-refractivity contribution in [3.05, 3.63) is 65.2 Å². The molecule has 0 aromatic heterocycles. The van der Waals surface area contributed by atoms with E-state index in [-0.39, 0.29) is 89.2 Å². The van der Waals surface area contributed by atoms with Crippen LogP contribution in [0.25, 0.3) is 0 Å². The topological polar surface area (TPSA) is 358 Å². The largest absolute Gasteiger partial charge is 0.481 e. The molecule has 29 heteroatoms. The maximum absolute atomic E-state index is 14.9. The third-order valence-electron chi connectivity index (χ3n) is 21.1. The molecule has 27 nitrogen and oxygen atoms in total. The summed E-state index contributed by atoms with van der Waals surface area (Å²) in [7, 11) is 6.07. The number of nitrogens with one attached hydrogen (secondary N) is 6. The number of aliphatic hydroxyl groups is 1. The van der Waals surface area contributed by atoms with Gasteiger partial charge in [-0.05, 0) is 124 Å². The lowest BCUT2D eigenvalue weighted by Gasteiger charge is -2.41. The van der Waals surface area contributed by atoms with Gasteiger partial charge in [-0.3, -0.25) is 62.5 Å². The van der Waals surface area contributed by atoms with Crippen molar-refractivity contribution in [2.24, 2.45) is 29.6 Å². The van der Waals surface area contributed by atoms with Crippen molar-refractivity contribution >= 4 is 111 Å². The molecule has 11 amide bonds. The van der Waals surface area contributed by atoms with E-state index in [9.17, 15) is 67.7 Å². The minimum atomic E-state index is -1.39. The fourth-order valence-corrected chi connectivity index (χ4v) is 17.2. The van der Waals surface area contributed by atoms with Crippen LogP contribution in [0.3, 0.4) is 0 Å². The highest BCUT2D eigenvalue weighted by molar-refractivity contribution is 14.1. The predicted molar refractivity (Wildman–Crippen MR) is 433 cm³/mol. The van der Waals surface area contributed by atoms with Crippen LogP contribution in [0.1, 0.15) is 235 Å². The number of likely N-dealkylation sites (tertiary alicyclic amines) is 2. The number of aliphatic hydroxyl groups excluding tert-OH is 1. The smallest absolute Gasteiger partial charge is 0.410 e. The lowest BCUT2D eigenvalue weighted by molar-refractivity contribution is -0.148. The fraction of sp³-hybridized carbons (Fsp3) is 0.704. The molecule has 2 saturated heterocycles. The molecule has 618 valence electrons. The molecule has 0 bridgehead atoms. The number of rotatable bonds is 47. The quantitative estimate of drug-likeness (QED) is 0.0132. The monoisotopic (exact) mass is 1670 g/mol. The first-order valence-corrected chi connectivity index (χ1v) is 41.4. The number of imide groups is 1. The molecule has 0 radical (unpaired) electrons. The third kappa shape index (κ3) is 28.6. The van der Waals surface area contributed by atoms with Gasteiger partial charge in [0.05, 0.1) is 56.8 Å². The highest BCUT2D eigenvalue weighted by Gasteiger charge is 2.46. The van der Waals surface area contributed by atoms with Gasteiger partial charge in [-0.2, -0.15) is 0 Å². The Morgan fingerprint density at radius 1 is 0.727 bits per heavy atom. The van der Waals surface area contributed by atoms with Gasteiger partial charge in [-0.25, -0.2) is 4.79 Å². The predicted octanol–water partition coefficient (Wildman–Crippen LogP) is 10.2. The van der Waals surface area contributed by atoms with E-state index < -0.39 is 144 Å². The second kappa shape index (κ2) is 46.3. The minimum Gasteiger partial charge on any atom is -0.481 e. The molecule has 3 unspecified atom stereocenters. The van der Waals surface area contributed by atoms with Gasteiger partial charge >= 0.3 is 12.1 Å². The molecule has 2 aliphatic rings. The van der Waals surface area contributed by atoms with Crippen LogP contribution in [0, 0.1) is 29.6 Å². The Labute approximate surface area is 670 Å². The SMILES string of the molecule is CCCCCC(C)(I)SC1CC(=O)N(CCC(=O)N[C@H](CC(C)C)C(=O)N[C@@H](C)C(=O)N[C@@H](CCC(=O)O)C(=O)Nc2ccc(COC(=O)N(C)[C@H](C(=O)N[C@H](C(=O)N(C)[C@@H]([C@@H](C)CC)[C@@H](CC(=O)N3CCC[C@H]3[C@H](OC)[C@@H](C)C(=O)N[C@H](C)[C@@H](O)c3cccc(C(CC)CCC)c3)OC)C(C)C)C(C)C)cc2)C1=O. The Morgan fingerprint density at radius 2 is 1.39 bits per heavy atom. The molecule has 2 aromatic rings. The number of alkyl halides is 1. The number of carbonyl (C=O) groups is 12. The third-order valence-corrected chi connectivity index (χ3v) is 23.8. The van der Waals surface area contributed by atoms with E-state index in [0.29, 0.717) is 37.3 Å². The van der Waals surface area contributed by atoms with E-state index in [4.69, 9.17) is 14.2 Å². The van der Waals surface area contributed by atoms with Gasteiger partial charge in [0.25, 0.3) is 0 Å². The van der Waals surface area contributed by atoms with Crippen molar-refractivity contribution < 1.29 is 82.0 Å². The van der Waals surface area contributed by atoms with Crippen molar-refractivity contribution in [1.29, 1.82) is 0 Å². The van der Waals surface area contributed by atoms with Gasteiger partial charge < -0.3 is 66.1 Å². The normalized spacial score (nSPS) is 18.6. The van der Waals surface area contributed by atoms with Crippen LogP contribution in [0.15, 0.2) is 48.5 Å². The number of aliphatic carboxylic acids is 1. The van der Waals surface area contributed by atoms with Gasteiger partial charge in [0.1, 0.15) is 36.8 Å². The van der Waals surface area contributed by atoms with E-state index >= 15 is 0 Å². The maximum Gasteiger partial charge on any atom is 0.410 e. The van der Waals surface area contributed by atoms with Gasteiger partial charge in [-0.1, -0.05) is 174 Å². The number of hydrogen-bond donors (Lipinski definition) is 8. The van der Waals surface area contributed by atoms with Crippen molar-refractivity contribution in [3.63, 3.8) is 0 Å². The molecular formula is C81H129IN10O17S. The zero-order chi connectivity index (χ0) is 82.6. The number of nitrogens with zero attached hydrogens (tertiary/aromatic N) is 4. The summed E-state index contributed by atoms with van der Waals surface area (Å²) in [6.45, 7) is 28.0. The molecule has 2 heterocycles. The number of methoxy groups -OCH3 is 2. The minimum absolute atomic E-state index is 0.0337. The Kier molecular flexibility index (Phi) is 40.1. The van der Waals surface area contributed by atoms with Crippen LogP contribution in [-0.4, -0.2) is 211 Å². The Balaban J connectivity index is 1.36. The zero-order valence-corrected chi connectivity index (χ0v) is 71.5. The van der Waals surface area contributed by atoms with Gasteiger partial charge in [0.2, 0.25) is 59.1 Å². The van der Waals surface area contributed by atoms with Crippen LogP contribution >= 0.6 is 34.4 Å². The van der Waals surface area contributed by atoms with E-state index in [1.54, 1.807) is 70.5 Å². The number of amides is 11. The summed E-state index contributed by atoms with van der Waals surface area (Å²) in [4.78, 5) is 170. The van der Waals surface area contributed by atoms with E-state index in [2.05, 4.69) is 81.3 Å². The fourth-order valence-electron chi connectivity index (χ4n) is 14.6. The van der Waals surface area contributed by atoms with Crippen LogP contribution in [0.4, 0.5) is 10.5 Å². The first-order valence-electron chi connectivity index (χ1n) is 39.4. The Bertz CT molecular complexity index is 3380. The molecule has 2 aliphatic heterocycles. The maximum atomic E-state index is 14.9. The summed E-state index contributed by atoms with van der Waals surface area (Å²) >= 11 is 3.78. The molecule has 2 aromatic carbocycles. The van der Waals surface area contributed by atoms with Crippen molar-refractivity contribution in [3.8, 4) is 0 Å². The number of anilines is 1. The lowest BCUT2D eigenvalue weighted by Crippen LogP contribution is -2.60. The van der Waals surface area contributed by atoms with E-state index in [1.807, 2.05) is 52.8 Å². The van der Waals surface area contributed by atoms with Crippen molar-refractivity contribution in [1.82, 2.24) is 46.2 Å². The average molecular weight is 1670 g/mol. The molecule has 0 aliphatic carbocycles. The van der Waals surface area contributed by atoms with Crippen molar-refractivity contribution in [2.45, 2.75) is 294 Å². The summed E-state index contributed by atoms with van der Waals surface area (Å²) in [5.41, 5.74) is 2.58. The number of ether oxygens (including phenoxy) is 3. The number of benzene rings is 2. The Hall–Kier alpha value is -6.96. The number of carboxylic acid groups (broad SMARTS) is 1. The molecule has 110 heavy (non-hydrogen) atoms. The van der Waals surface area contributed by atoms with Gasteiger partial charge in [-0.15, -0.1) is 11.8 Å². The number of carboxylic acids is 1. The average Bonchev–Trinajstić information content (AvgIpc) is 1.61. The number of unbranched alkanes of at least 4 members (excludes halogenated alkanes) is 2. The zero-order valence-electron chi connectivity index (χ0n) is 68.5. The van der Waals surface area contributed by atoms with Crippen LogP contribution in [0.2, 0.25) is 0 Å². The van der Waals surface area contributed by atoms with Gasteiger partial charge in [0.15, 0.2) is 0 Å². The Morgan fingerprint density at radius 3 is 1.97 bits per heavy atom. The van der Waals surface area contributed by atoms with Gasteiger partial charge in [0, 0.05) is 66.4 Å². The second-order valence-electron chi connectivity index (χ2n) is 31.1. The highest BCUT2D eigenvalue weighted by Crippen LogP contribution is 2.43. The molecule has 2 fully saturated rings. The number of halogens is 1. The van der Waals surface area contributed by atoms with Crippen LogP contribution < -0.4 is 31.9 Å². The van der Waals surface area contributed by atoms with E-state index in [0.717, 1.165) is 65.9 Å². The number of hydrogen-bond acceptors (Lipinski definition) is 17. The van der Waals surface area contributed by atoms with Crippen LogP contribution in [0.5, 0.6) is 0 Å². The standard InChI is InChI=1S/C81H129IN10O17S/c1-20-24-25-39-81(15,82)110-63-45-66(95)92(78(63)104)41-38-64(93)86-60(42-47(5)6)76(102)84-53(14)74(100)87-59(36-37-67(96)97)75(101)85-58-34-32-54(33-35-58)46-109-80(106)90(17)69(49(9)10)77(103)88-68(48(7)8)79(105)89(16)70(50(11)22-3)62(107-18)44-65(94)91-40-27-31-61(91)72(108-19)51(12)73(99)83-52(13)71(98)57-30-26-29-56(43-57)55(23-4)28-21-2/h26,29-30,32-35,43,47-53,55,59-63,68-72,98H,20-25,27-28,31,36-42,44-46H2,1-19H3,(H,83,99)(H,84,102)(H,85,101)(H,86,93)(H,87,100)(H,88,103)(H,96,97)/t50-,51+,52+,53-,55?,59-,60+,61-,62+,63?,68-,69-,70-,71+,72+,81?/m0/s1. The molecule has 0 saturated carbocycles. The summed E-state index contributed by atoms with van der Waals surface area (Å²) in [5, 5.41) is 36.9. The summed E-state index contributed by atoms with van der Waals surface area (Å²) in [6.07, 6.45) is 4.60. The van der Waals surface area contributed by atoms with E-state index in [1.165, 1.54) is 52.1 Å². The number of carbonyl (C=O) groups excluding carboxylic acids is 11. The van der Waals surface area contributed by atoms with Crippen molar-refractivity contribution in [2.75, 3.05) is 46.7 Å².